The molecule has 0 unspecified atom stereocenters. The van der Waals surface area contributed by atoms with E-state index in [0.717, 1.165) is 15.7 Å². The maximum atomic E-state index is 11.9. The highest BCUT2D eigenvalue weighted by atomic mass is 32.2. The number of aromatic hydroxyl groups is 2. The van der Waals surface area contributed by atoms with Gasteiger partial charge >= 0.3 is 0 Å². The summed E-state index contributed by atoms with van der Waals surface area (Å²) in [6.45, 7) is 0. The quantitative estimate of drug-likeness (QED) is 0.391. The van der Waals surface area contributed by atoms with Crippen LogP contribution in [0, 0.1) is 0 Å². The van der Waals surface area contributed by atoms with Crippen molar-refractivity contribution in [1.29, 1.82) is 0 Å². The Balaban J connectivity index is 1.78. The van der Waals surface area contributed by atoms with Crippen LogP contribution in [-0.4, -0.2) is 26.7 Å². The van der Waals surface area contributed by atoms with Crippen LogP contribution in [0.4, 0.5) is 0 Å². The minimum absolute atomic E-state index is 0.0404. The molecule has 106 valence electrons. The minimum Gasteiger partial charge on any atom is -0.504 e. The van der Waals surface area contributed by atoms with Crippen LogP contribution in [0.5, 0.6) is 11.5 Å². The van der Waals surface area contributed by atoms with Crippen molar-refractivity contribution < 1.29 is 15.0 Å². The van der Waals surface area contributed by atoms with Crippen LogP contribution in [0.1, 0.15) is 10.5 Å². The second kappa shape index (κ2) is 5.54. The zero-order chi connectivity index (χ0) is 14.8. The fraction of sp³-hybridized carbons (Fsp3) is 0.0625. The second-order valence-electron chi connectivity index (χ2n) is 4.65. The Bertz CT molecular complexity index is 797. The number of rotatable bonds is 4. The Labute approximate surface area is 125 Å². The summed E-state index contributed by atoms with van der Waals surface area (Å²) >= 11 is 1.44. The van der Waals surface area contributed by atoms with Gasteiger partial charge in [0.25, 0.3) is 0 Å². The lowest BCUT2D eigenvalue weighted by atomic mass is 10.1. The number of hydrogen-bond acceptors (Lipinski definition) is 4. The van der Waals surface area contributed by atoms with Gasteiger partial charge in [0.2, 0.25) is 0 Å². The molecular weight excluding hydrogens is 286 g/mol. The van der Waals surface area contributed by atoms with Gasteiger partial charge in [-0.2, -0.15) is 0 Å². The minimum atomic E-state index is -0.146. The molecule has 0 aliphatic heterocycles. The van der Waals surface area contributed by atoms with E-state index in [9.17, 15) is 15.0 Å². The van der Waals surface area contributed by atoms with Crippen molar-refractivity contribution in [2.75, 3.05) is 5.75 Å². The molecule has 0 aliphatic rings. The average molecular weight is 299 g/mol. The van der Waals surface area contributed by atoms with Crippen LogP contribution in [0.3, 0.4) is 0 Å². The van der Waals surface area contributed by atoms with Crippen molar-refractivity contribution in [3.8, 4) is 11.5 Å². The average Bonchev–Trinajstić information content (AvgIpc) is 3.00. The summed E-state index contributed by atoms with van der Waals surface area (Å²) in [5.41, 5.74) is 0.603. The fourth-order valence-electron chi connectivity index (χ4n) is 2.07. The van der Waals surface area contributed by atoms with Crippen molar-refractivity contribution in [2.24, 2.45) is 0 Å². The predicted molar refractivity (Wildman–Crippen MR) is 83.1 cm³/mol. The lowest BCUT2D eigenvalue weighted by molar-refractivity contribution is 0.101. The van der Waals surface area contributed by atoms with Crippen LogP contribution in [0.15, 0.2) is 53.6 Å². The first-order chi connectivity index (χ1) is 10.1. The summed E-state index contributed by atoms with van der Waals surface area (Å²) in [6.07, 6.45) is 1.73. The van der Waals surface area contributed by atoms with Crippen molar-refractivity contribution in [3.05, 3.63) is 54.4 Å². The van der Waals surface area contributed by atoms with E-state index in [1.54, 1.807) is 18.3 Å². The molecule has 0 spiro atoms. The van der Waals surface area contributed by atoms with Crippen molar-refractivity contribution >= 4 is 28.3 Å². The normalized spacial score (nSPS) is 10.9. The van der Waals surface area contributed by atoms with E-state index in [-0.39, 0.29) is 17.3 Å². The van der Waals surface area contributed by atoms with E-state index in [0.29, 0.717) is 11.4 Å². The number of phenols is 2. The van der Waals surface area contributed by atoms with Crippen LogP contribution in [-0.2, 0) is 0 Å². The van der Waals surface area contributed by atoms with Crippen molar-refractivity contribution in [2.45, 2.75) is 4.90 Å². The van der Waals surface area contributed by atoms with Crippen LogP contribution < -0.4 is 0 Å². The first-order valence-corrected chi connectivity index (χ1v) is 7.37. The van der Waals surface area contributed by atoms with Gasteiger partial charge in [-0.1, -0.05) is 6.07 Å². The molecule has 0 radical (unpaired) electrons. The van der Waals surface area contributed by atoms with E-state index in [2.05, 4.69) is 4.98 Å². The Kier molecular flexibility index (Phi) is 3.58. The molecule has 0 bridgehead atoms. The Morgan fingerprint density at radius 2 is 1.81 bits per heavy atom. The Hall–Kier alpha value is -2.40. The lowest BCUT2D eigenvalue weighted by Gasteiger charge is -2.05. The fourth-order valence-corrected chi connectivity index (χ4v) is 2.90. The molecule has 1 aromatic heterocycles. The molecule has 3 N–H and O–H groups in total. The number of phenolic OH excluding ortho intramolecular Hbond substituents is 2. The maximum absolute atomic E-state index is 11.9. The summed E-state index contributed by atoms with van der Waals surface area (Å²) in [5.74, 6) is 0.103. The molecule has 1 heterocycles. The molecule has 4 nitrogen and oxygen atoms in total. The highest BCUT2D eigenvalue weighted by molar-refractivity contribution is 8.00. The lowest BCUT2D eigenvalue weighted by Crippen LogP contribution is -2.02. The highest BCUT2D eigenvalue weighted by Gasteiger charge is 2.08. The van der Waals surface area contributed by atoms with E-state index in [4.69, 9.17) is 0 Å². The first kappa shape index (κ1) is 13.6. The SMILES string of the molecule is O=C(CSc1ccc2cc(O)c(O)cc2c1)c1ccc[nH]1. The van der Waals surface area contributed by atoms with Gasteiger partial charge < -0.3 is 15.2 Å². The smallest absolute Gasteiger partial charge is 0.189 e. The van der Waals surface area contributed by atoms with E-state index in [1.807, 2.05) is 18.2 Å². The summed E-state index contributed by atoms with van der Waals surface area (Å²) in [4.78, 5) is 15.7. The van der Waals surface area contributed by atoms with Crippen LogP contribution in [0.25, 0.3) is 10.8 Å². The van der Waals surface area contributed by atoms with Gasteiger partial charge in [0, 0.05) is 11.1 Å². The number of fused-ring (bicyclic) bond motifs is 1. The number of benzene rings is 2. The molecule has 0 amide bonds. The summed E-state index contributed by atoms with van der Waals surface area (Å²) in [5, 5.41) is 20.7. The number of thioether (sulfide) groups is 1. The zero-order valence-corrected chi connectivity index (χ0v) is 11.9. The molecule has 0 saturated carbocycles. The second-order valence-corrected chi connectivity index (χ2v) is 5.69. The number of carbonyl (C=O) groups excluding carboxylic acids is 1. The van der Waals surface area contributed by atoms with Crippen LogP contribution >= 0.6 is 11.8 Å². The number of Topliss-reactive ketones (excluding diaryl/α,β-unsaturated/α-hetero) is 1. The molecule has 0 saturated heterocycles. The standard InChI is InChI=1S/C16H13NO3S/c18-14-7-10-3-4-12(6-11(10)8-15(14)19)21-9-16(20)13-2-1-5-17-13/h1-8,17-19H,9H2. The summed E-state index contributed by atoms with van der Waals surface area (Å²) in [6, 6.07) is 12.2. The number of ketones is 1. The number of aromatic nitrogens is 1. The molecule has 2 aromatic carbocycles. The molecule has 3 aromatic rings. The van der Waals surface area contributed by atoms with E-state index < -0.39 is 0 Å². The van der Waals surface area contributed by atoms with E-state index >= 15 is 0 Å². The molecule has 0 fully saturated rings. The number of aromatic amines is 1. The third kappa shape index (κ3) is 2.87. The molecular formula is C16H13NO3S. The van der Waals surface area contributed by atoms with Gasteiger partial charge in [-0.25, -0.2) is 0 Å². The molecule has 0 atom stereocenters. The van der Waals surface area contributed by atoms with Gasteiger partial charge in [0.1, 0.15) is 0 Å². The summed E-state index contributed by atoms with van der Waals surface area (Å²) in [7, 11) is 0. The molecule has 5 heteroatoms. The first-order valence-electron chi connectivity index (χ1n) is 6.38. The number of carbonyl (C=O) groups is 1. The molecule has 0 aliphatic carbocycles. The topological polar surface area (TPSA) is 73.3 Å². The van der Waals surface area contributed by atoms with Gasteiger partial charge in [-0.15, -0.1) is 11.8 Å². The predicted octanol–water partition coefficient (Wildman–Crippen LogP) is 3.55. The molecule has 3 rings (SSSR count). The van der Waals surface area contributed by atoms with Gasteiger partial charge in [0.05, 0.1) is 11.4 Å². The van der Waals surface area contributed by atoms with Crippen LogP contribution in [0.2, 0.25) is 0 Å². The van der Waals surface area contributed by atoms with Crippen molar-refractivity contribution in [3.63, 3.8) is 0 Å². The number of H-pyrrole nitrogens is 1. The third-order valence-electron chi connectivity index (χ3n) is 3.17. The Morgan fingerprint density at radius 3 is 2.52 bits per heavy atom. The van der Waals surface area contributed by atoms with Gasteiger partial charge in [0.15, 0.2) is 17.3 Å². The third-order valence-corrected chi connectivity index (χ3v) is 4.17. The van der Waals surface area contributed by atoms with Crippen molar-refractivity contribution in [1.82, 2.24) is 4.98 Å². The zero-order valence-electron chi connectivity index (χ0n) is 11.0. The van der Waals surface area contributed by atoms with Gasteiger partial charge in [-0.05, 0) is 47.2 Å². The number of nitrogens with one attached hydrogen (secondary N) is 1. The summed E-state index contributed by atoms with van der Waals surface area (Å²) < 4.78 is 0. The molecule has 21 heavy (non-hydrogen) atoms. The monoisotopic (exact) mass is 299 g/mol. The van der Waals surface area contributed by atoms with E-state index in [1.165, 1.54) is 23.9 Å². The number of hydrogen-bond donors (Lipinski definition) is 3. The van der Waals surface area contributed by atoms with Gasteiger partial charge in [-0.3, -0.25) is 4.79 Å². The largest absolute Gasteiger partial charge is 0.504 e. The highest BCUT2D eigenvalue weighted by Crippen LogP contribution is 2.32. The Morgan fingerprint density at radius 1 is 1.05 bits per heavy atom. The maximum Gasteiger partial charge on any atom is 0.189 e.